The number of hydrogen-bond acceptors (Lipinski definition) is 3. The average molecular weight is 227 g/mol. The van der Waals surface area contributed by atoms with Crippen molar-refractivity contribution in [1.29, 1.82) is 0 Å². The first-order valence-corrected chi connectivity index (χ1v) is 5.88. The second-order valence-corrected chi connectivity index (χ2v) is 4.31. The zero-order valence-corrected chi connectivity index (χ0v) is 10.0. The van der Waals surface area contributed by atoms with Crippen molar-refractivity contribution in [2.24, 2.45) is 5.73 Å². The van der Waals surface area contributed by atoms with Gasteiger partial charge >= 0.3 is 0 Å². The Morgan fingerprint density at radius 1 is 1.44 bits per heavy atom. The first-order valence-electron chi connectivity index (χ1n) is 5.88. The van der Waals surface area contributed by atoms with Gasteiger partial charge in [-0.25, -0.2) is 0 Å². The number of carbonyl (C=O) groups is 2. The average Bonchev–Trinajstić information content (AvgIpc) is 2.28. The van der Waals surface area contributed by atoms with E-state index in [9.17, 15) is 9.59 Å². The Kier molecular flexibility index (Phi) is 4.73. The third kappa shape index (κ3) is 3.48. The van der Waals surface area contributed by atoms with E-state index in [4.69, 9.17) is 5.73 Å². The minimum atomic E-state index is -0.429. The summed E-state index contributed by atoms with van der Waals surface area (Å²) in [7, 11) is 0. The van der Waals surface area contributed by atoms with Crippen LogP contribution in [0.5, 0.6) is 0 Å². The van der Waals surface area contributed by atoms with E-state index in [0.29, 0.717) is 19.5 Å². The molecule has 0 bridgehead atoms. The van der Waals surface area contributed by atoms with Gasteiger partial charge in [-0.15, -0.1) is 0 Å². The molecular formula is C11H21N3O2. The lowest BCUT2D eigenvalue weighted by Crippen LogP contribution is -2.50. The van der Waals surface area contributed by atoms with Gasteiger partial charge < -0.3 is 16.0 Å². The molecule has 5 nitrogen and oxygen atoms in total. The van der Waals surface area contributed by atoms with Crippen molar-refractivity contribution in [3.63, 3.8) is 0 Å². The Bertz CT molecular complexity index is 258. The van der Waals surface area contributed by atoms with Gasteiger partial charge in [-0.1, -0.05) is 6.92 Å². The molecule has 0 aromatic carbocycles. The van der Waals surface area contributed by atoms with Gasteiger partial charge in [0.2, 0.25) is 11.8 Å². The number of nitrogens with two attached hydrogens (primary N) is 1. The van der Waals surface area contributed by atoms with E-state index in [1.807, 2.05) is 6.92 Å². The van der Waals surface area contributed by atoms with E-state index in [-0.39, 0.29) is 17.9 Å². The quantitative estimate of drug-likeness (QED) is 0.704. The zero-order valence-electron chi connectivity index (χ0n) is 10.0. The van der Waals surface area contributed by atoms with Crippen LogP contribution in [0.4, 0.5) is 0 Å². The van der Waals surface area contributed by atoms with E-state index < -0.39 is 6.04 Å². The predicted octanol–water partition coefficient (Wildman–Crippen LogP) is -0.149. The van der Waals surface area contributed by atoms with Gasteiger partial charge in [-0.05, 0) is 19.8 Å². The molecule has 0 aliphatic carbocycles. The number of nitrogens with zero attached hydrogens (tertiary/aromatic N) is 1. The number of carbonyl (C=O) groups excluding carboxylic acids is 2. The SMILES string of the molecule is CCC(=O)NC1CCN(C(=O)[C@H](C)N)CC1. The Hall–Kier alpha value is -1.10. The van der Waals surface area contributed by atoms with Crippen molar-refractivity contribution in [3.05, 3.63) is 0 Å². The Morgan fingerprint density at radius 3 is 2.44 bits per heavy atom. The molecular weight excluding hydrogens is 206 g/mol. The molecule has 0 unspecified atom stereocenters. The molecule has 1 aliphatic heterocycles. The van der Waals surface area contributed by atoms with Crippen molar-refractivity contribution in [2.75, 3.05) is 13.1 Å². The van der Waals surface area contributed by atoms with Gasteiger partial charge in [0.1, 0.15) is 0 Å². The lowest BCUT2D eigenvalue weighted by atomic mass is 10.0. The van der Waals surface area contributed by atoms with Crippen molar-refractivity contribution >= 4 is 11.8 Å². The Morgan fingerprint density at radius 2 is 2.00 bits per heavy atom. The van der Waals surface area contributed by atoms with Crippen LogP contribution in [0.3, 0.4) is 0 Å². The van der Waals surface area contributed by atoms with Crippen LogP contribution < -0.4 is 11.1 Å². The monoisotopic (exact) mass is 227 g/mol. The molecule has 1 aliphatic rings. The zero-order chi connectivity index (χ0) is 12.1. The van der Waals surface area contributed by atoms with Crippen LogP contribution in [0.1, 0.15) is 33.1 Å². The summed E-state index contributed by atoms with van der Waals surface area (Å²) in [5.41, 5.74) is 5.54. The summed E-state index contributed by atoms with van der Waals surface area (Å²) in [6.07, 6.45) is 2.16. The molecule has 2 amide bonds. The second kappa shape index (κ2) is 5.84. The fraction of sp³-hybridized carbons (Fsp3) is 0.818. The lowest BCUT2D eigenvalue weighted by molar-refractivity contribution is -0.133. The largest absolute Gasteiger partial charge is 0.353 e. The van der Waals surface area contributed by atoms with Crippen LogP contribution in [0.25, 0.3) is 0 Å². The van der Waals surface area contributed by atoms with E-state index in [0.717, 1.165) is 12.8 Å². The maximum Gasteiger partial charge on any atom is 0.239 e. The molecule has 3 N–H and O–H groups in total. The van der Waals surface area contributed by atoms with Gasteiger partial charge in [0.05, 0.1) is 6.04 Å². The van der Waals surface area contributed by atoms with E-state index >= 15 is 0 Å². The van der Waals surface area contributed by atoms with Gasteiger partial charge in [-0.3, -0.25) is 9.59 Å². The predicted molar refractivity (Wildman–Crippen MR) is 61.7 cm³/mol. The number of nitrogens with one attached hydrogen (secondary N) is 1. The summed E-state index contributed by atoms with van der Waals surface area (Å²) in [6.45, 7) is 4.92. The van der Waals surface area contributed by atoms with Gasteiger partial charge in [0.25, 0.3) is 0 Å². The standard InChI is InChI=1S/C11H21N3O2/c1-3-10(15)13-9-4-6-14(7-5-9)11(16)8(2)12/h8-9H,3-7,12H2,1-2H3,(H,13,15)/t8-/m0/s1. The summed E-state index contributed by atoms with van der Waals surface area (Å²) >= 11 is 0. The molecule has 0 saturated carbocycles. The van der Waals surface area contributed by atoms with Crippen LogP contribution in [0, 0.1) is 0 Å². The van der Waals surface area contributed by atoms with Crippen LogP contribution in [0.2, 0.25) is 0 Å². The third-order valence-corrected chi connectivity index (χ3v) is 2.88. The van der Waals surface area contributed by atoms with Crippen LogP contribution in [-0.2, 0) is 9.59 Å². The van der Waals surface area contributed by atoms with Crippen LogP contribution in [-0.4, -0.2) is 41.9 Å². The minimum Gasteiger partial charge on any atom is -0.353 e. The number of amides is 2. The highest BCUT2D eigenvalue weighted by molar-refractivity contribution is 5.81. The molecule has 0 spiro atoms. The summed E-state index contributed by atoms with van der Waals surface area (Å²) in [6, 6.07) is -0.216. The molecule has 1 atom stereocenters. The molecule has 16 heavy (non-hydrogen) atoms. The summed E-state index contributed by atoms with van der Waals surface area (Å²) in [4.78, 5) is 24.6. The fourth-order valence-electron chi connectivity index (χ4n) is 1.86. The fourth-order valence-corrected chi connectivity index (χ4v) is 1.86. The van der Waals surface area contributed by atoms with Gasteiger partial charge in [-0.2, -0.15) is 0 Å². The maximum absolute atomic E-state index is 11.6. The third-order valence-electron chi connectivity index (χ3n) is 2.88. The smallest absolute Gasteiger partial charge is 0.239 e. The number of rotatable bonds is 3. The normalized spacial score (nSPS) is 19.3. The molecule has 5 heteroatoms. The summed E-state index contributed by atoms with van der Waals surface area (Å²) in [5, 5.41) is 2.95. The molecule has 92 valence electrons. The van der Waals surface area contributed by atoms with Crippen molar-refractivity contribution in [3.8, 4) is 0 Å². The lowest BCUT2D eigenvalue weighted by Gasteiger charge is -2.33. The Balaban J connectivity index is 2.34. The van der Waals surface area contributed by atoms with Crippen molar-refractivity contribution < 1.29 is 9.59 Å². The molecule has 1 rings (SSSR count). The van der Waals surface area contributed by atoms with Crippen LogP contribution in [0.15, 0.2) is 0 Å². The summed E-state index contributed by atoms with van der Waals surface area (Å²) < 4.78 is 0. The second-order valence-electron chi connectivity index (χ2n) is 4.31. The topological polar surface area (TPSA) is 75.4 Å². The van der Waals surface area contributed by atoms with E-state index in [1.165, 1.54) is 0 Å². The molecule has 1 saturated heterocycles. The first kappa shape index (κ1) is 13.0. The molecule has 0 aromatic heterocycles. The minimum absolute atomic E-state index is 0.000248. The van der Waals surface area contributed by atoms with E-state index in [1.54, 1.807) is 11.8 Å². The molecule has 1 fully saturated rings. The van der Waals surface area contributed by atoms with Gasteiger partial charge in [0.15, 0.2) is 0 Å². The first-order chi connectivity index (χ1) is 7.54. The van der Waals surface area contributed by atoms with Gasteiger partial charge in [0, 0.05) is 25.6 Å². The van der Waals surface area contributed by atoms with E-state index in [2.05, 4.69) is 5.32 Å². The Labute approximate surface area is 96.4 Å². The highest BCUT2D eigenvalue weighted by Crippen LogP contribution is 2.11. The molecule has 0 radical (unpaired) electrons. The van der Waals surface area contributed by atoms with Crippen molar-refractivity contribution in [1.82, 2.24) is 10.2 Å². The van der Waals surface area contributed by atoms with Crippen molar-refractivity contribution in [2.45, 2.75) is 45.2 Å². The molecule has 1 heterocycles. The summed E-state index contributed by atoms with van der Waals surface area (Å²) in [5.74, 6) is 0.0808. The number of hydrogen-bond donors (Lipinski definition) is 2. The van der Waals surface area contributed by atoms with Crippen LogP contribution >= 0.6 is 0 Å². The number of piperidine rings is 1. The maximum atomic E-state index is 11.6. The molecule has 0 aromatic rings. The highest BCUT2D eigenvalue weighted by atomic mass is 16.2. The highest BCUT2D eigenvalue weighted by Gasteiger charge is 2.24. The number of likely N-dealkylation sites (tertiary alicyclic amines) is 1.